The van der Waals surface area contributed by atoms with Crippen molar-refractivity contribution in [2.45, 2.75) is 0 Å². The van der Waals surface area contributed by atoms with Gasteiger partial charge in [-0.1, -0.05) is 170 Å². The predicted octanol–water partition coefficient (Wildman–Crippen LogP) is 16.6. The van der Waals surface area contributed by atoms with Crippen molar-refractivity contribution in [3.05, 3.63) is 212 Å². The molecule has 11 aromatic rings. The molecule has 0 aliphatic carbocycles. The van der Waals surface area contributed by atoms with Gasteiger partial charge in [-0.15, -0.1) is 22.7 Å². The normalized spacial score (nSPS) is 11.5. The molecule has 0 aliphatic rings. The first-order valence-electron chi connectivity index (χ1n) is 19.3. The van der Waals surface area contributed by atoms with E-state index in [9.17, 15) is 0 Å². The van der Waals surface area contributed by atoms with Crippen LogP contribution in [0.2, 0.25) is 0 Å². The van der Waals surface area contributed by atoms with Gasteiger partial charge in [0.05, 0.1) is 10.4 Å². The fourth-order valence-corrected chi connectivity index (χ4v) is 10.8. The number of benzene rings is 9. The van der Waals surface area contributed by atoms with E-state index in [1.165, 1.54) is 90.5 Å². The van der Waals surface area contributed by atoms with Crippen LogP contribution in [0.3, 0.4) is 0 Å². The molecule has 1 nitrogen and oxygen atoms in total. The van der Waals surface area contributed by atoms with Crippen LogP contribution in [0.25, 0.3) is 84.9 Å². The third-order valence-electron chi connectivity index (χ3n) is 11.1. The molecule has 0 aliphatic heterocycles. The average molecular weight is 762 g/mol. The molecule has 0 atom stereocenters. The lowest BCUT2D eigenvalue weighted by Gasteiger charge is -2.27. The fourth-order valence-electron chi connectivity index (χ4n) is 8.33. The van der Waals surface area contributed by atoms with Crippen LogP contribution in [-0.4, -0.2) is 0 Å². The number of anilines is 3. The van der Waals surface area contributed by atoms with Crippen LogP contribution in [0.1, 0.15) is 0 Å². The third-order valence-corrected chi connectivity index (χ3v) is 13.5. The topological polar surface area (TPSA) is 3.24 Å². The molecule has 9 aromatic carbocycles. The highest BCUT2D eigenvalue weighted by Crippen LogP contribution is 2.49. The first-order valence-corrected chi connectivity index (χ1v) is 21.0. The first-order chi connectivity index (χ1) is 28.3. The van der Waals surface area contributed by atoms with Gasteiger partial charge in [-0.3, -0.25) is 0 Å². The summed E-state index contributed by atoms with van der Waals surface area (Å²) in [6.45, 7) is 0. The minimum atomic E-state index is 1.12. The van der Waals surface area contributed by atoms with Crippen molar-refractivity contribution in [2.24, 2.45) is 0 Å². The quantitative estimate of drug-likeness (QED) is 0.156. The predicted molar refractivity (Wildman–Crippen MR) is 249 cm³/mol. The number of hydrogen-bond acceptors (Lipinski definition) is 3. The van der Waals surface area contributed by atoms with Crippen LogP contribution < -0.4 is 4.90 Å². The maximum absolute atomic E-state index is 2.44. The van der Waals surface area contributed by atoms with Gasteiger partial charge >= 0.3 is 0 Å². The summed E-state index contributed by atoms with van der Waals surface area (Å²) < 4.78 is 5.22. The number of thiophene rings is 2. The zero-order valence-electron chi connectivity index (χ0n) is 31.0. The molecule has 0 spiro atoms. The minimum absolute atomic E-state index is 1.12. The molecule has 0 fully saturated rings. The van der Waals surface area contributed by atoms with E-state index in [1.54, 1.807) is 0 Å². The highest BCUT2D eigenvalue weighted by Gasteiger charge is 2.21. The maximum Gasteiger partial charge on any atom is 0.0640 e. The summed E-state index contributed by atoms with van der Waals surface area (Å²) in [4.78, 5) is 2.44. The Labute approximate surface area is 340 Å². The van der Waals surface area contributed by atoms with E-state index in [1.807, 2.05) is 22.7 Å². The van der Waals surface area contributed by atoms with Gasteiger partial charge in [-0.25, -0.2) is 0 Å². The maximum atomic E-state index is 2.44. The monoisotopic (exact) mass is 761 g/mol. The molecule has 3 heteroatoms. The molecule has 0 radical (unpaired) electrons. The molecule has 57 heavy (non-hydrogen) atoms. The van der Waals surface area contributed by atoms with E-state index in [0.717, 1.165) is 11.4 Å². The van der Waals surface area contributed by atoms with E-state index in [0.29, 0.717) is 0 Å². The lowest BCUT2D eigenvalue weighted by atomic mass is 9.97. The zero-order valence-corrected chi connectivity index (χ0v) is 32.6. The van der Waals surface area contributed by atoms with Gasteiger partial charge in [0.1, 0.15) is 0 Å². The van der Waals surface area contributed by atoms with Crippen molar-refractivity contribution >= 4 is 80.1 Å². The van der Waals surface area contributed by atoms with Crippen LogP contribution in [0, 0.1) is 0 Å². The van der Waals surface area contributed by atoms with Crippen molar-refractivity contribution < 1.29 is 0 Å². The molecular formula is C54H35NS2. The van der Waals surface area contributed by atoms with Crippen LogP contribution in [0.15, 0.2) is 212 Å². The van der Waals surface area contributed by atoms with E-state index in [-0.39, 0.29) is 0 Å². The summed E-state index contributed by atoms with van der Waals surface area (Å²) in [5.41, 5.74) is 13.2. The Morgan fingerprint density at radius 3 is 1.39 bits per heavy atom. The Hall–Kier alpha value is -6.78. The highest BCUT2D eigenvalue weighted by molar-refractivity contribution is 7.26. The molecule has 2 aromatic heterocycles. The number of nitrogens with zero attached hydrogens (tertiary/aromatic N) is 1. The summed E-state index contributed by atoms with van der Waals surface area (Å²) in [6, 6.07) is 77.5. The van der Waals surface area contributed by atoms with Crippen molar-refractivity contribution in [1.82, 2.24) is 0 Å². The minimum Gasteiger partial charge on any atom is -0.309 e. The molecule has 0 saturated carbocycles. The highest BCUT2D eigenvalue weighted by atomic mass is 32.1. The van der Waals surface area contributed by atoms with Crippen molar-refractivity contribution in [2.75, 3.05) is 4.90 Å². The number of fused-ring (bicyclic) bond motifs is 6. The number of hydrogen-bond donors (Lipinski definition) is 0. The van der Waals surface area contributed by atoms with E-state index >= 15 is 0 Å². The lowest BCUT2D eigenvalue weighted by molar-refractivity contribution is 1.30. The fraction of sp³-hybridized carbons (Fsp3) is 0. The van der Waals surface area contributed by atoms with Gasteiger partial charge in [-0.05, 0) is 87.0 Å². The van der Waals surface area contributed by atoms with Gasteiger partial charge in [0.25, 0.3) is 0 Å². The second kappa shape index (κ2) is 14.1. The van der Waals surface area contributed by atoms with Gasteiger partial charge in [-0.2, -0.15) is 0 Å². The summed E-state index contributed by atoms with van der Waals surface area (Å²) in [6.07, 6.45) is 0. The van der Waals surface area contributed by atoms with Crippen LogP contribution in [-0.2, 0) is 0 Å². The van der Waals surface area contributed by atoms with E-state index in [4.69, 9.17) is 0 Å². The van der Waals surface area contributed by atoms with Gasteiger partial charge < -0.3 is 4.90 Å². The summed E-state index contributed by atoms with van der Waals surface area (Å²) >= 11 is 3.76. The molecule has 268 valence electrons. The van der Waals surface area contributed by atoms with Gasteiger partial charge in [0.15, 0.2) is 0 Å². The van der Waals surface area contributed by atoms with E-state index in [2.05, 4.69) is 217 Å². The van der Waals surface area contributed by atoms with Crippen molar-refractivity contribution in [3.8, 4) is 44.5 Å². The Morgan fingerprint density at radius 2 is 0.737 bits per heavy atom. The van der Waals surface area contributed by atoms with E-state index < -0.39 is 0 Å². The molecule has 0 N–H and O–H groups in total. The van der Waals surface area contributed by atoms with Crippen LogP contribution >= 0.6 is 22.7 Å². The largest absolute Gasteiger partial charge is 0.309 e. The molecule has 0 amide bonds. The first kappa shape index (κ1) is 33.5. The Bertz CT molecular complexity index is 3200. The van der Waals surface area contributed by atoms with Gasteiger partial charge in [0, 0.05) is 47.0 Å². The van der Waals surface area contributed by atoms with Gasteiger partial charge in [0.2, 0.25) is 0 Å². The van der Waals surface area contributed by atoms with Crippen molar-refractivity contribution in [1.29, 1.82) is 0 Å². The van der Waals surface area contributed by atoms with Crippen LogP contribution in [0.4, 0.5) is 17.1 Å². The molecule has 0 unspecified atom stereocenters. The van der Waals surface area contributed by atoms with Crippen LogP contribution in [0.5, 0.6) is 0 Å². The lowest BCUT2D eigenvalue weighted by Crippen LogP contribution is -2.10. The third kappa shape index (κ3) is 5.91. The molecule has 0 saturated heterocycles. The summed E-state index contributed by atoms with van der Waals surface area (Å²) in [5, 5.41) is 5.23. The molecule has 2 heterocycles. The Kier molecular flexibility index (Phi) is 8.28. The molecule has 11 rings (SSSR count). The zero-order chi connectivity index (χ0) is 37.7. The SMILES string of the molecule is c1ccc(-c2ccc(-c3ccc(N(c4ccc(-c5cccc6c5sc5ccccc56)cc4)c4ccc(-c5ccccc5)c5c4sc4ccccc45)cc3)cc2)cc1. The Balaban J connectivity index is 1.05. The number of rotatable bonds is 7. The smallest absolute Gasteiger partial charge is 0.0640 e. The molecular weight excluding hydrogens is 727 g/mol. The molecule has 0 bridgehead atoms. The summed E-state index contributed by atoms with van der Waals surface area (Å²) in [7, 11) is 0. The van der Waals surface area contributed by atoms with Crippen molar-refractivity contribution in [3.63, 3.8) is 0 Å². The second-order valence-corrected chi connectivity index (χ2v) is 16.6. The average Bonchev–Trinajstić information content (AvgIpc) is 3.87. The summed E-state index contributed by atoms with van der Waals surface area (Å²) in [5.74, 6) is 0. The Morgan fingerprint density at radius 1 is 0.281 bits per heavy atom. The second-order valence-electron chi connectivity index (χ2n) is 14.5. The standard InChI is InChI=1S/C54H35NS2/c1-3-12-36(13-4-1)37-22-24-38(25-23-37)39-26-30-42(31-27-39)55(43-32-28-41(29-33-43)45-18-11-19-47-46-16-7-9-20-50(46)56-53(45)47)49-35-34-44(40-14-5-2-6-15-40)52-48-17-8-10-21-51(48)57-54(49)52/h1-35H.